The Labute approximate surface area is 130 Å². The summed E-state index contributed by atoms with van der Waals surface area (Å²) in [5.41, 5.74) is 0.994. The Morgan fingerprint density at radius 1 is 1.43 bits per heavy atom. The standard InChI is InChI=1S/C15H21N5S/c1-19(13-6-2-3-7-13)9-10-20-14(17-18-15(20)21)12-5-4-8-16-11-12/h4-5,8,11,13H,2-3,6-7,9-10H2,1H3,(H,18,21). The highest BCUT2D eigenvalue weighted by atomic mass is 32.1. The Morgan fingerprint density at radius 2 is 2.24 bits per heavy atom. The molecule has 0 aliphatic heterocycles. The van der Waals surface area contributed by atoms with Gasteiger partial charge < -0.3 is 4.90 Å². The molecular weight excluding hydrogens is 282 g/mol. The lowest BCUT2D eigenvalue weighted by Gasteiger charge is -2.24. The molecule has 0 unspecified atom stereocenters. The van der Waals surface area contributed by atoms with Crippen LogP contribution in [0.4, 0.5) is 0 Å². The van der Waals surface area contributed by atoms with E-state index in [0.717, 1.165) is 30.5 Å². The van der Waals surface area contributed by atoms with Crippen LogP contribution in [0.5, 0.6) is 0 Å². The molecule has 5 nitrogen and oxygen atoms in total. The van der Waals surface area contributed by atoms with Crippen molar-refractivity contribution < 1.29 is 0 Å². The van der Waals surface area contributed by atoms with Crippen LogP contribution in [0.1, 0.15) is 25.7 Å². The third-order valence-corrected chi connectivity index (χ3v) is 4.61. The molecule has 1 aliphatic carbocycles. The summed E-state index contributed by atoms with van der Waals surface area (Å²) < 4.78 is 2.74. The molecule has 0 aromatic carbocycles. The second-order valence-corrected chi connectivity index (χ2v) is 6.05. The molecule has 0 bridgehead atoms. The van der Waals surface area contributed by atoms with Gasteiger partial charge in [0.15, 0.2) is 10.6 Å². The summed E-state index contributed by atoms with van der Waals surface area (Å²) in [5.74, 6) is 0.868. The first-order chi connectivity index (χ1) is 10.3. The van der Waals surface area contributed by atoms with Crippen LogP contribution in [0.25, 0.3) is 11.4 Å². The van der Waals surface area contributed by atoms with Crippen LogP contribution in [0.2, 0.25) is 0 Å². The van der Waals surface area contributed by atoms with Crippen molar-refractivity contribution in [2.24, 2.45) is 0 Å². The van der Waals surface area contributed by atoms with Gasteiger partial charge >= 0.3 is 0 Å². The fourth-order valence-corrected chi connectivity index (χ4v) is 3.25. The molecule has 0 radical (unpaired) electrons. The van der Waals surface area contributed by atoms with Crippen molar-refractivity contribution in [3.63, 3.8) is 0 Å². The van der Waals surface area contributed by atoms with Crippen molar-refractivity contribution in [3.05, 3.63) is 29.3 Å². The molecule has 1 fully saturated rings. The molecule has 2 aromatic heterocycles. The highest BCUT2D eigenvalue weighted by molar-refractivity contribution is 7.71. The van der Waals surface area contributed by atoms with Gasteiger partial charge in [-0.25, -0.2) is 0 Å². The molecule has 2 heterocycles. The molecule has 2 aromatic rings. The van der Waals surface area contributed by atoms with Crippen molar-refractivity contribution in [2.75, 3.05) is 13.6 Å². The lowest BCUT2D eigenvalue weighted by molar-refractivity contribution is 0.236. The minimum Gasteiger partial charge on any atom is -0.302 e. The summed E-state index contributed by atoms with van der Waals surface area (Å²) in [6, 6.07) is 4.66. The van der Waals surface area contributed by atoms with Gasteiger partial charge in [0, 0.05) is 37.1 Å². The number of nitrogens with one attached hydrogen (secondary N) is 1. The SMILES string of the molecule is CN(CCn1c(-c2cccnc2)n[nH]c1=S)C1CCCC1. The number of H-pyrrole nitrogens is 1. The van der Waals surface area contributed by atoms with Gasteiger partial charge in [-0.2, -0.15) is 5.10 Å². The van der Waals surface area contributed by atoms with Crippen LogP contribution in [0, 0.1) is 4.77 Å². The lowest BCUT2D eigenvalue weighted by Crippen LogP contribution is -2.32. The maximum atomic E-state index is 5.37. The Balaban J connectivity index is 1.73. The fraction of sp³-hybridized carbons (Fsp3) is 0.533. The van der Waals surface area contributed by atoms with Crippen molar-refractivity contribution in [1.82, 2.24) is 24.6 Å². The molecular formula is C15H21N5S. The molecule has 0 amide bonds. The monoisotopic (exact) mass is 303 g/mol. The molecule has 3 rings (SSSR count). The van der Waals surface area contributed by atoms with E-state index in [4.69, 9.17) is 12.2 Å². The van der Waals surface area contributed by atoms with Gasteiger partial charge in [-0.3, -0.25) is 14.6 Å². The molecule has 21 heavy (non-hydrogen) atoms. The molecule has 0 spiro atoms. The zero-order valence-electron chi connectivity index (χ0n) is 12.3. The number of aromatic nitrogens is 4. The zero-order valence-corrected chi connectivity index (χ0v) is 13.1. The largest absolute Gasteiger partial charge is 0.302 e. The minimum atomic E-state index is 0.675. The van der Waals surface area contributed by atoms with E-state index in [1.165, 1.54) is 25.7 Å². The average Bonchev–Trinajstić information content (AvgIpc) is 3.16. The normalized spacial score (nSPS) is 15.9. The van der Waals surface area contributed by atoms with E-state index in [1.807, 2.05) is 18.3 Å². The highest BCUT2D eigenvalue weighted by Gasteiger charge is 2.19. The van der Waals surface area contributed by atoms with Crippen LogP contribution in [0.3, 0.4) is 0 Å². The van der Waals surface area contributed by atoms with Gasteiger partial charge in [0.25, 0.3) is 0 Å². The van der Waals surface area contributed by atoms with E-state index in [0.29, 0.717) is 4.77 Å². The van der Waals surface area contributed by atoms with Crippen molar-refractivity contribution in [2.45, 2.75) is 38.3 Å². The van der Waals surface area contributed by atoms with Gasteiger partial charge in [0.2, 0.25) is 0 Å². The van der Waals surface area contributed by atoms with E-state index in [2.05, 4.69) is 31.7 Å². The number of aromatic amines is 1. The fourth-order valence-electron chi connectivity index (χ4n) is 3.03. The smallest absolute Gasteiger partial charge is 0.195 e. The van der Waals surface area contributed by atoms with E-state index in [9.17, 15) is 0 Å². The Hall–Kier alpha value is -1.53. The predicted octanol–water partition coefficient (Wildman–Crippen LogP) is 2.88. The van der Waals surface area contributed by atoms with E-state index in [-0.39, 0.29) is 0 Å². The van der Waals surface area contributed by atoms with E-state index in [1.54, 1.807) is 6.20 Å². The van der Waals surface area contributed by atoms with Gasteiger partial charge in [0.1, 0.15) is 0 Å². The topological polar surface area (TPSA) is 49.7 Å². The van der Waals surface area contributed by atoms with Crippen molar-refractivity contribution in [1.29, 1.82) is 0 Å². The number of rotatable bonds is 5. The van der Waals surface area contributed by atoms with E-state index < -0.39 is 0 Å². The van der Waals surface area contributed by atoms with Crippen LogP contribution in [-0.4, -0.2) is 44.3 Å². The first kappa shape index (κ1) is 14.4. The van der Waals surface area contributed by atoms with Gasteiger partial charge in [-0.15, -0.1) is 0 Å². The van der Waals surface area contributed by atoms with E-state index >= 15 is 0 Å². The summed E-state index contributed by atoms with van der Waals surface area (Å²) in [6.07, 6.45) is 8.96. The Bertz CT molecular complexity index is 627. The number of nitrogens with zero attached hydrogens (tertiary/aromatic N) is 4. The van der Waals surface area contributed by atoms with Crippen LogP contribution in [-0.2, 0) is 6.54 Å². The maximum absolute atomic E-state index is 5.37. The maximum Gasteiger partial charge on any atom is 0.195 e. The van der Waals surface area contributed by atoms with Gasteiger partial charge in [-0.1, -0.05) is 12.8 Å². The molecule has 1 saturated carbocycles. The third-order valence-electron chi connectivity index (χ3n) is 4.30. The molecule has 1 N–H and O–H groups in total. The van der Waals surface area contributed by atoms with Crippen LogP contribution >= 0.6 is 12.2 Å². The highest BCUT2D eigenvalue weighted by Crippen LogP contribution is 2.22. The first-order valence-corrected chi connectivity index (χ1v) is 7.92. The molecule has 1 aliphatic rings. The molecule has 6 heteroatoms. The summed E-state index contributed by atoms with van der Waals surface area (Å²) in [6.45, 7) is 1.85. The van der Waals surface area contributed by atoms with Crippen molar-refractivity contribution >= 4 is 12.2 Å². The molecule has 0 atom stereocenters. The van der Waals surface area contributed by atoms with Crippen LogP contribution in [0.15, 0.2) is 24.5 Å². The number of pyridine rings is 1. The third kappa shape index (κ3) is 3.22. The number of hydrogen-bond donors (Lipinski definition) is 1. The van der Waals surface area contributed by atoms with Gasteiger partial charge in [0.05, 0.1) is 0 Å². The molecule has 0 saturated heterocycles. The Kier molecular flexibility index (Phi) is 4.45. The predicted molar refractivity (Wildman–Crippen MR) is 85.5 cm³/mol. The summed E-state index contributed by atoms with van der Waals surface area (Å²) in [5, 5.41) is 7.25. The number of likely N-dealkylation sites (N-methyl/N-ethyl adjacent to an activating group) is 1. The van der Waals surface area contributed by atoms with Crippen LogP contribution < -0.4 is 0 Å². The van der Waals surface area contributed by atoms with Crippen molar-refractivity contribution in [3.8, 4) is 11.4 Å². The summed E-state index contributed by atoms with van der Waals surface area (Å²) >= 11 is 5.37. The second kappa shape index (κ2) is 6.49. The second-order valence-electron chi connectivity index (χ2n) is 5.66. The first-order valence-electron chi connectivity index (χ1n) is 7.51. The quantitative estimate of drug-likeness (QED) is 0.863. The Morgan fingerprint density at radius 3 is 2.95 bits per heavy atom. The summed E-state index contributed by atoms with van der Waals surface area (Å²) in [4.78, 5) is 6.61. The zero-order chi connectivity index (χ0) is 14.7. The number of hydrogen-bond acceptors (Lipinski definition) is 4. The molecule has 112 valence electrons. The minimum absolute atomic E-state index is 0.675. The summed E-state index contributed by atoms with van der Waals surface area (Å²) in [7, 11) is 2.21. The average molecular weight is 303 g/mol. The lowest BCUT2D eigenvalue weighted by atomic mass is 10.2. The van der Waals surface area contributed by atoms with Gasteiger partial charge in [-0.05, 0) is 44.2 Å².